The molecule has 1 aromatic heterocycles. The number of rotatable bonds is 3. The molecule has 22 heavy (non-hydrogen) atoms. The van der Waals surface area contributed by atoms with Crippen LogP contribution in [0.3, 0.4) is 0 Å². The number of amides is 1. The van der Waals surface area contributed by atoms with E-state index in [1.54, 1.807) is 12.4 Å². The van der Waals surface area contributed by atoms with Gasteiger partial charge in [0, 0.05) is 18.9 Å². The largest absolute Gasteiger partial charge is 0.477 e. The molecule has 114 valence electrons. The summed E-state index contributed by atoms with van der Waals surface area (Å²) in [5.74, 6) is -0.935. The molecule has 0 aromatic carbocycles. The van der Waals surface area contributed by atoms with Crippen molar-refractivity contribution in [3.63, 3.8) is 0 Å². The Balaban J connectivity index is 1.79. The van der Waals surface area contributed by atoms with Crippen molar-refractivity contribution in [2.75, 3.05) is 6.54 Å². The van der Waals surface area contributed by atoms with Crippen molar-refractivity contribution in [1.29, 1.82) is 0 Å². The van der Waals surface area contributed by atoms with E-state index in [9.17, 15) is 14.7 Å². The van der Waals surface area contributed by atoms with E-state index >= 15 is 0 Å². The maximum Gasteiger partial charge on any atom is 0.352 e. The molecule has 4 heterocycles. The van der Waals surface area contributed by atoms with E-state index in [1.165, 1.54) is 4.90 Å². The number of carbonyl (C=O) groups is 2. The predicted octanol–water partition coefficient (Wildman–Crippen LogP) is 0.594. The fourth-order valence-electron chi connectivity index (χ4n) is 3.81. The fraction of sp³-hybridized carbons (Fsp3) is 0.400. The van der Waals surface area contributed by atoms with E-state index in [4.69, 9.17) is 0 Å². The summed E-state index contributed by atoms with van der Waals surface area (Å²) in [4.78, 5) is 29.4. The first kappa shape index (κ1) is 13.8. The lowest BCUT2D eigenvalue weighted by Crippen LogP contribution is -2.68. The van der Waals surface area contributed by atoms with Crippen molar-refractivity contribution in [2.24, 2.45) is 5.92 Å². The second-order valence-electron chi connectivity index (χ2n) is 5.91. The maximum atomic E-state index is 12.2. The van der Waals surface area contributed by atoms with Crippen molar-refractivity contribution >= 4 is 24.5 Å². The third kappa shape index (κ3) is 1.75. The van der Waals surface area contributed by atoms with Gasteiger partial charge in [0.05, 0.1) is 11.3 Å². The number of hydrogen-bond donors (Lipinski definition) is 3. The number of aromatic nitrogens is 1. The third-order valence-electron chi connectivity index (χ3n) is 4.81. The van der Waals surface area contributed by atoms with Gasteiger partial charge in [-0.3, -0.25) is 14.7 Å². The van der Waals surface area contributed by atoms with Gasteiger partial charge >= 0.3 is 5.97 Å². The van der Waals surface area contributed by atoms with Crippen LogP contribution in [0.2, 0.25) is 0 Å². The normalized spacial score (nSPS) is 30.9. The number of hydrogen-bond acceptors (Lipinski definition) is 5. The Morgan fingerprint density at radius 2 is 2.18 bits per heavy atom. The molecule has 4 atom stereocenters. The first-order valence-electron chi connectivity index (χ1n) is 7.20. The Kier molecular flexibility index (Phi) is 3.02. The molecular formula is C15H15N3O3S. The van der Waals surface area contributed by atoms with Gasteiger partial charge in [-0.1, -0.05) is 0 Å². The standard InChI is InChI=1S/C15H15N3O3S/c19-14-10-11-8(6-17-10)5-9(12(15(20)21)18(11)14)13(22)7-1-3-16-4-2-7/h1-4,8,10-11,13,17,22H,5-6H2,(H,20,21)/t8-,10+,11-,13?/m1/s1. The number of nitrogens with one attached hydrogen (secondary N) is 1. The first-order valence-corrected chi connectivity index (χ1v) is 7.72. The summed E-state index contributed by atoms with van der Waals surface area (Å²) in [5, 5.41) is 12.5. The van der Waals surface area contributed by atoms with Crippen molar-refractivity contribution in [3.8, 4) is 0 Å². The molecule has 1 aromatic rings. The molecule has 1 amide bonds. The van der Waals surface area contributed by atoms with Crippen LogP contribution >= 0.6 is 12.6 Å². The second kappa shape index (κ2) is 4.82. The highest BCUT2D eigenvalue weighted by atomic mass is 32.1. The Labute approximate surface area is 132 Å². The minimum atomic E-state index is -1.06. The number of aliphatic carboxylic acids is 1. The number of carboxylic acids is 1. The van der Waals surface area contributed by atoms with Crippen LogP contribution in [0.1, 0.15) is 17.2 Å². The average molecular weight is 317 g/mol. The van der Waals surface area contributed by atoms with Crippen LogP contribution in [0.15, 0.2) is 35.8 Å². The molecule has 6 nitrogen and oxygen atoms in total. The number of carboxylic acid groups (broad SMARTS) is 1. The van der Waals surface area contributed by atoms with Crippen molar-refractivity contribution in [1.82, 2.24) is 15.2 Å². The highest BCUT2D eigenvalue weighted by Gasteiger charge is 2.60. The quantitative estimate of drug-likeness (QED) is 0.561. The molecule has 2 N–H and O–H groups in total. The predicted molar refractivity (Wildman–Crippen MR) is 81.2 cm³/mol. The number of carbonyl (C=O) groups excluding carboxylic acids is 1. The average Bonchev–Trinajstić information content (AvgIpc) is 2.94. The Hall–Kier alpha value is -1.86. The molecule has 3 aliphatic heterocycles. The van der Waals surface area contributed by atoms with Gasteiger partial charge in [-0.2, -0.15) is 12.6 Å². The number of thiol groups is 1. The van der Waals surface area contributed by atoms with Crippen molar-refractivity contribution in [2.45, 2.75) is 23.8 Å². The van der Waals surface area contributed by atoms with E-state index in [0.29, 0.717) is 12.0 Å². The van der Waals surface area contributed by atoms with Gasteiger partial charge in [0.2, 0.25) is 5.91 Å². The molecule has 0 aliphatic carbocycles. The van der Waals surface area contributed by atoms with Crippen LogP contribution in [0.4, 0.5) is 0 Å². The zero-order valence-electron chi connectivity index (χ0n) is 11.6. The van der Waals surface area contributed by atoms with Gasteiger partial charge < -0.3 is 10.4 Å². The van der Waals surface area contributed by atoms with Gasteiger partial charge in [-0.15, -0.1) is 0 Å². The monoisotopic (exact) mass is 317 g/mol. The molecule has 1 unspecified atom stereocenters. The van der Waals surface area contributed by atoms with Crippen LogP contribution in [-0.2, 0) is 9.59 Å². The van der Waals surface area contributed by atoms with Crippen molar-refractivity contribution in [3.05, 3.63) is 41.4 Å². The van der Waals surface area contributed by atoms with Crippen LogP contribution in [0.25, 0.3) is 0 Å². The molecule has 0 saturated carbocycles. The lowest BCUT2D eigenvalue weighted by molar-refractivity contribution is -0.153. The summed E-state index contributed by atoms with van der Waals surface area (Å²) in [6.07, 6.45) is 3.97. The van der Waals surface area contributed by atoms with E-state index < -0.39 is 5.97 Å². The van der Waals surface area contributed by atoms with Gasteiger partial charge in [0.25, 0.3) is 0 Å². The molecule has 2 fully saturated rings. The summed E-state index contributed by atoms with van der Waals surface area (Å²) < 4.78 is 0. The van der Waals surface area contributed by atoms with Gasteiger partial charge in [-0.05, 0) is 35.6 Å². The van der Waals surface area contributed by atoms with E-state index in [0.717, 1.165) is 12.1 Å². The van der Waals surface area contributed by atoms with Gasteiger partial charge in [0.1, 0.15) is 11.7 Å². The smallest absolute Gasteiger partial charge is 0.352 e. The maximum absolute atomic E-state index is 12.2. The van der Waals surface area contributed by atoms with Crippen LogP contribution < -0.4 is 5.32 Å². The third-order valence-corrected chi connectivity index (χ3v) is 5.42. The highest BCUT2D eigenvalue weighted by Crippen LogP contribution is 2.47. The molecule has 4 rings (SSSR count). The Bertz CT molecular complexity index is 691. The zero-order chi connectivity index (χ0) is 15.4. The topological polar surface area (TPSA) is 82.5 Å². The first-order chi connectivity index (χ1) is 10.6. The Morgan fingerprint density at radius 3 is 2.86 bits per heavy atom. The van der Waals surface area contributed by atoms with E-state index in [2.05, 4.69) is 22.9 Å². The summed E-state index contributed by atoms with van der Waals surface area (Å²) in [7, 11) is 0. The molecule has 3 aliphatic rings. The minimum Gasteiger partial charge on any atom is -0.477 e. The van der Waals surface area contributed by atoms with E-state index in [1.807, 2.05) is 12.1 Å². The van der Waals surface area contributed by atoms with Gasteiger partial charge in [-0.25, -0.2) is 4.79 Å². The van der Waals surface area contributed by atoms with E-state index in [-0.39, 0.29) is 34.9 Å². The van der Waals surface area contributed by atoms with Crippen LogP contribution in [0, 0.1) is 5.92 Å². The van der Waals surface area contributed by atoms with Gasteiger partial charge in [0.15, 0.2) is 0 Å². The molecule has 0 radical (unpaired) electrons. The zero-order valence-corrected chi connectivity index (χ0v) is 12.5. The summed E-state index contributed by atoms with van der Waals surface area (Å²) in [6.45, 7) is 0.741. The SMILES string of the molecule is O=C(O)C1=C(C(S)c2ccncc2)C[C@@H]2CN[C@@H]3C(=O)N1[C@H]23. The summed E-state index contributed by atoms with van der Waals surface area (Å²) in [6, 6.07) is 3.42. The molecular weight excluding hydrogens is 302 g/mol. The lowest BCUT2D eigenvalue weighted by Gasteiger charge is -2.49. The summed E-state index contributed by atoms with van der Waals surface area (Å²) in [5.41, 5.74) is 1.71. The Morgan fingerprint density at radius 1 is 1.45 bits per heavy atom. The molecule has 0 spiro atoms. The second-order valence-corrected chi connectivity index (χ2v) is 6.43. The number of β-lactam (4-membered cyclic amide) rings is 1. The molecule has 7 heteroatoms. The minimum absolute atomic E-state index is 0.0136. The highest BCUT2D eigenvalue weighted by molar-refractivity contribution is 7.80. The number of pyridine rings is 1. The number of nitrogens with zero attached hydrogens (tertiary/aromatic N) is 2. The lowest BCUT2D eigenvalue weighted by atomic mass is 9.78. The van der Waals surface area contributed by atoms with Crippen LogP contribution in [0.5, 0.6) is 0 Å². The summed E-state index contributed by atoms with van der Waals surface area (Å²) >= 11 is 4.63. The molecule has 0 bridgehead atoms. The van der Waals surface area contributed by atoms with Crippen LogP contribution in [-0.4, -0.2) is 45.5 Å². The van der Waals surface area contributed by atoms with Crippen molar-refractivity contribution < 1.29 is 14.7 Å². The fourth-order valence-corrected chi connectivity index (χ4v) is 4.21. The molecule has 2 saturated heterocycles.